The summed E-state index contributed by atoms with van der Waals surface area (Å²) >= 11 is 0. The van der Waals surface area contributed by atoms with Crippen molar-refractivity contribution < 1.29 is 24.2 Å². The quantitative estimate of drug-likeness (QED) is 0.772. The molecule has 1 saturated heterocycles. The molecule has 114 valence electrons. The number of hydrogen-bond donors (Lipinski definition) is 1. The van der Waals surface area contributed by atoms with Crippen LogP contribution >= 0.6 is 0 Å². The Bertz CT molecular complexity index is 408. The molecule has 1 N–H and O–H groups in total. The molecule has 1 heterocycles. The average molecular weight is 286 g/mol. The highest BCUT2D eigenvalue weighted by atomic mass is 16.5. The van der Waals surface area contributed by atoms with Crippen molar-refractivity contribution in [3.63, 3.8) is 0 Å². The molecule has 7 heteroatoms. The molecule has 1 atom stereocenters. The van der Waals surface area contributed by atoms with Gasteiger partial charge in [-0.3, -0.25) is 14.5 Å². The van der Waals surface area contributed by atoms with Crippen molar-refractivity contribution in [3.05, 3.63) is 0 Å². The molecule has 0 aromatic rings. The van der Waals surface area contributed by atoms with Gasteiger partial charge in [0, 0.05) is 19.6 Å². The van der Waals surface area contributed by atoms with Gasteiger partial charge in [-0.15, -0.1) is 0 Å². The molecule has 1 fully saturated rings. The van der Waals surface area contributed by atoms with Gasteiger partial charge in [-0.1, -0.05) is 0 Å². The van der Waals surface area contributed by atoms with Crippen molar-refractivity contribution in [1.29, 1.82) is 0 Å². The maximum absolute atomic E-state index is 12.1. The lowest BCUT2D eigenvalue weighted by molar-refractivity contribution is -0.152. The van der Waals surface area contributed by atoms with Crippen LogP contribution in [0.4, 0.5) is 4.79 Å². The van der Waals surface area contributed by atoms with Gasteiger partial charge in [0.15, 0.2) is 0 Å². The Balaban J connectivity index is 2.61. The second kappa shape index (κ2) is 6.11. The van der Waals surface area contributed by atoms with Crippen LogP contribution in [0.1, 0.15) is 27.2 Å². The van der Waals surface area contributed by atoms with Gasteiger partial charge in [0.05, 0.1) is 12.5 Å². The lowest BCUT2D eigenvalue weighted by Crippen LogP contribution is -2.57. The minimum absolute atomic E-state index is 0.223. The number of hydrogen-bond acceptors (Lipinski definition) is 4. The average Bonchev–Trinajstić information content (AvgIpc) is 2.39. The zero-order valence-electron chi connectivity index (χ0n) is 12.4. The second-order valence-electron chi connectivity index (χ2n) is 5.60. The maximum Gasteiger partial charge on any atom is 0.408 e. The minimum atomic E-state index is -1.08. The molecule has 0 aromatic heterocycles. The molecule has 0 saturated carbocycles. The van der Waals surface area contributed by atoms with E-state index in [4.69, 9.17) is 9.84 Å². The number of rotatable bonds is 4. The second-order valence-corrected chi connectivity index (χ2v) is 5.60. The summed E-state index contributed by atoms with van der Waals surface area (Å²) in [6.07, 6.45) is -0.606. The minimum Gasteiger partial charge on any atom is -0.469 e. The molecular formula is C13H22N2O5. The molecule has 2 amide bonds. The fraction of sp³-hybridized carbons (Fsp3) is 0.769. The van der Waals surface area contributed by atoms with Gasteiger partial charge in [-0.25, -0.2) is 4.79 Å². The number of amides is 2. The fourth-order valence-corrected chi connectivity index (χ4v) is 2.21. The third kappa shape index (κ3) is 3.40. The van der Waals surface area contributed by atoms with Crippen molar-refractivity contribution in [3.8, 4) is 0 Å². The summed E-state index contributed by atoms with van der Waals surface area (Å²) in [5.74, 6) is -0.540. The zero-order chi connectivity index (χ0) is 15.5. The number of carboxylic acid groups (broad SMARTS) is 1. The van der Waals surface area contributed by atoms with E-state index in [-0.39, 0.29) is 11.9 Å². The monoisotopic (exact) mass is 286 g/mol. The van der Waals surface area contributed by atoms with Crippen molar-refractivity contribution in [2.45, 2.75) is 33.2 Å². The Kier molecular flexibility index (Phi) is 4.97. The van der Waals surface area contributed by atoms with Gasteiger partial charge in [0.2, 0.25) is 5.91 Å². The topological polar surface area (TPSA) is 87.2 Å². The maximum atomic E-state index is 12.1. The van der Waals surface area contributed by atoms with E-state index >= 15 is 0 Å². The van der Waals surface area contributed by atoms with Crippen LogP contribution in [-0.4, -0.2) is 65.7 Å². The summed E-state index contributed by atoms with van der Waals surface area (Å²) in [6, 6.07) is -0.678. The number of nitrogens with zero attached hydrogens (tertiary/aromatic N) is 2. The molecule has 0 aliphatic carbocycles. The largest absolute Gasteiger partial charge is 0.469 e. The van der Waals surface area contributed by atoms with E-state index in [0.29, 0.717) is 26.1 Å². The van der Waals surface area contributed by atoms with Crippen LogP contribution in [-0.2, 0) is 14.3 Å². The number of esters is 1. The first-order valence-corrected chi connectivity index (χ1v) is 6.57. The van der Waals surface area contributed by atoms with Crippen LogP contribution in [0.5, 0.6) is 0 Å². The normalized spacial score (nSPS) is 20.0. The summed E-state index contributed by atoms with van der Waals surface area (Å²) in [5, 5.41) is 8.97. The molecule has 0 spiro atoms. The first-order chi connectivity index (χ1) is 9.20. The highest BCUT2D eigenvalue weighted by molar-refractivity contribution is 5.86. The standard InChI is InChI=1S/C13H22N2O5/c1-9-10(16)14(7-8-15(9)12(18)19)6-5-13(2,3)11(17)20-4/h9H,5-8H2,1-4H3,(H,18,19)/t9-/m0/s1. The van der Waals surface area contributed by atoms with Gasteiger partial charge in [0.25, 0.3) is 0 Å². The van der Waals surface area contributed by atoms with E-state index in [2.05, 4.69) is 0 Å². The Hall–Kier alpha value is -1.79. The van der Waals surface area contributed by atoms with Crippen LogP contribution < -0.4 is 0 Å². The lowest BCUT2D eigenvalue weighted by Gasteiger charge is -2.38. The van der Waals surface area contributed by atoms with E-state index in [1.165, 1.54) is 7.11 Å². The van der Waals surface area contributed by atoms with Crippen LogP contribution in [0.3, 0.4) is 0 Å². The van der Waals surface area contributed by atoms with Gasteiger partial charge in [0.1, 0.15) is 6.04 Å². The van der Waals surface area contributed by atoms with Crippen molar-refractivity contribution in [2.24, 2.45) is 5.41 Å². The molecule has 1 rings (SSSR count). The Labute approximate surface area is 118 Å². The van der Waals surface area contributed by atoms with Crippen LogP contribution in [0, 0.1) is 5.41 Å². The molecule has 0 aromatic carbocycles. The summed E-state index contributed by atoms with van der Waals surface area (Å²) < 4.78 is 4.72. The molecule has 1 aliphatic heterocycles. The van der Waals surface area contributed by atoms with Crippen LogP contribution in [0.15, 0.2) is 0 Å². The predicted octanol–water partition coefficient (Wildman–Crippen LogP) is 0.786. The van der Waals surface area contributed by atoms with E-state index in [1.807, 2.05) is 0 Å². The van der Waals surface area contributed by atoms with Gasteiger partial charge < -0.3 is 14.7 Å². The summed E-state index contributed by atoms with van der Waals surface area (Å²) in [6.45, 7) is 6.17. The highest BCUT2D eigenvalue weighted by Gasteiger charge is 2.36. The summed E-state index contributed by atoms with van der Waals surface area (Å²) in [4.78, 5) is 37.4. The molecular weight excluding hydrogens is 264 g/mol. The van der Waals surface area contributed by atoms with E-state index in [0.717, 1.165) is 4.90 Å². The Morgan fingerprint density at radius 2 is 2.00 bits per heavy atom. The molecule has 0 radical (unpaired) electrons. The number of carbonyl (C=O) groups excluding carboxylic acids is 2. The number of methoxy groups -OCH3 is 1. The number of ether oxygens (including phenoxy) is 1. The molecule has 0 unspecified atom stereocenters. The fourth-order valence-electron chi connectivity index (χ4n) is 2.21. The lowest BCUT2D eigenvalue weighted by atomic mass is 9.89. The molecule has 0 bridgehead atoms. The SMILES string of the molecule is COC(=O)C(C)(C)CCN1CCN(C(=O)O)[C@@H](C)C1=O. The van der Waals surface area contributed by atoms with E-state index in [9.17, 15) is 14.4 Å². The van der Waals surface area contributed by atoms with Gasteiger partial charge in [-0.05, 0) is 27.2 Å². The van der Waals surface area contributed by atoms with Crippen molar-refractivity contribution >= 4 is 18.0 Å². The number of carbonyl (C=O) groups is 3. The van der Waals surface area contributed by atoms with E-state index in [1.54, 1.807) is 25.7 Å². The summed E-state index contributed by atoms with van der Waals surface area (Å²) in [7, 11) is 1.34. The Morgan fingerprint density at radius 3 is 2.50 bits per heavy atom. The van der Waals surface area contributed by atoms with Crippen molar-refractivity contribution in [1.82, 2.24) is 9.80 Å². The predicted molar refractivity (Wildman–Crippen MR) is 71.2 cm³/mol. The van der Waals surface area contributed by atoms with Gasteiger partial charge >= 0.3 is 12.1 Å². The smallest absolute Gasteiger partial charge is 0.408 e. The zero-order valence-corrected chi connectivity index (χ0v) is 12.4. The molecule has 7 nitrogen and oxygen atoms in total. The van der Waals surface area contributed by atoms with Crippen LogP contribution in [0.2, 0.25) is 0 Å². The van der Waals surface area contributed by atoms with Crippen LogP contribution in [0.25, 0.3) is 0 Å². The molecule has 20 heavy (non-hydrogen) atoms. The Morgan fingerprint density at radius 1 is 1.40 bits per heavy atom. The third-order valence-electron chi connectivity index (χ3n) is 3.74. The highest BCUT2D eigenvalue weighted by Crippen LogP contribution is 2.23. The molecule has 1 aliphatic rings. The van der Waals surface area contributed by atoms with Gasteiger partial charge in [-0.2, -0.15) is 0 Å². The third-order valence-corrected chi connectivity index (χ3v) is 3.74. The number of piperazine rings is 1. The van der Waals surface area contributed by atoms with E-state index < -0.39 is 17.6 Å². The first-order valence-electron chi connectivity index (χ1n) is 6.57. The summed E-state index contributed by atoms with van der Waals surface area (Å²) in [5.41, 5.74) is -0.664. The van der Waals surface area contributed by atoms with Crippen molar-refractivity contribution in [2.75, 3.05) is 26.7 Å². The first kappa shape index (κ1) is 16.3.